The van der Waals surface area contributed by atoms with E-state index in [9.17, 15) is 4.79 Å². The molecule has 0 aromatic heterocycles. The molecule has 0 saturated carbocycles. The zero-order chi connectivity index (χ0) is 8.48. The fourth-order valence-electron chi connectivity index (χ4n) is 1.28. The molecule has 0 saturated heterocycles. The van der Waals surface area contributed by atoms with Gasteiger partial charge in [0.05, 0.1) is 0 Å². The van der Waals surface area contributed by atoms with E-state index in [2.05, 4.69) is 0 Å². The molecule has 0 unspecified atom stereocenters. The van der Waals surface area contributed by atoms with Crippen molar-refractivity contribution < 1.29 is 9.90 Å². The topological polar surface area (TPSA) is 63.3 Å². The van der Waals surface area contributed by atoms with Gasteiger partial charge in [-0.1, -0.05) is 6.08 Å². The summed E-state index contributed by atoms with van der Waals surface area (Å²) in [5.41, 5.74) is 5.32. The van der Waals surface area contributed by atoms with E-state index < -0.39 is 11.5 Å². The quantitative estimate of drug-likeness (QED) is 0.582. The van der Waals surface area contributed by atoms with Crippen LogP contribution in [-0.4, -0.2) is 16.6 Å². The third-order valence-electron chi connectivity index (χ3n) is 2.15. The summed E-state index contributed by atoms with van der Waals surface area (Å²) in [6.07, 6.45) is 4.78. The summed E-state index contributed by atoms with van der Waals surface area (Å²) in [4.78, 5) is 10.6. The highest BCUT2D eigenvalue weighted by Gasteiger charge is 2.33. The molecule has 62 valence electrons. The molecular weight excluding hydrogens is 142 g/mol. The highest BCUT2D eigenvalue weighted by Crippen LogP contribution is 2.26. The van der Waals surface area contributed by atoms with Crippen LogP contribution in [0.25, 0.3) is 0 Å². The Bertz CT molecular complexity index is 206. The predicted molar refractivity (Wildman–Crippen MR) is 42.2 cm³/mol. The Morgan fingerprint density at radius 1 is 1.82 bits per heavy atom. The van der Waals surface area contributed by atoms with Gasteiger partial charge in [0.25, 0.3) is 0 Å². The van der Waals surface area contributed by atoms with Gasteiger partial charge in [-0.2, -0.15) is 0 Å². The molecular formula is C8H13NO2. The second-order valence-electron chi connectivity index (χ2n) is 3.13. The van der Waals surface area contributed by atoms with E-state index in [-0.39, 0.29) is 0 Å². The van der Waals surface area contributed by atoms with Crippen molar-refractivity contribution in [2.24, 2.45) is 5.73 Å². The van der Waals surface area contributed by atoms with Crippen molar-refractivity contribution in [2.45, 2.75) is 31.7 Å². The van der Waals surface area contributed by atoms with Crippen LogP contribution in [0.3, 0.4) is 0 Å². The number of hydrogen-bond acceptors (Lipinski definition) is 2. The molecule has 0 fully saturated rings. The van der Waals surface area contributed by atoms with Crippen LogP contribution in [0.15, 0.2) is 11.6 Å². The van der Waals surface area contributed by atoms with Crippen LogP contribution in [0.5, 0.6) is 0 Å². The molecule has 1 aliphatic rings. The Kier molecular flexibility index (Phi) is 2.00. The molecule has 0 spiro atoms. The van der Waals surface area contributed by atoms with Crippen LogP contribution >= 0.6 is 0 Å². The standard InChI is InChI=1S/C8H13NO2/c1-8(9,7(10)11)6-4-2-3-5-6/h4H,2-3,5,9H2,1H3,(H,10,11)/t8-/m1/s1. The lowest BCUT2D eigenvalue weighted by Gasteiger charge is -2.20. The molecule has 0 aromatic carbocycles. The second kappa shape index (κ2) is 2.66. The molecule has 3 heteroatoms. The van der Waals surface area contributed by atoms with Crippen LogP contribution in [0.2, 0.25) is 0 Å². The fourth-order valence-corrected chi connectivity index (χ4v) is 1.28. The van der Waals surface area contributed by atoms with Gasteiger partial charge in [-0.3, -0.25) is 0 Å². The van der Waals surface area contributed by atoms with E-state index in [1.54, 1.807) is 6.92 Å². The summed E-state index contributed by atoms with van der Waals surface area (Å²) in [6.45, 7) is 1.55. The Morgan fingerprint density at radius 3 is 2.82 bits per heavy atom. The summed E-state index contributed by atoms with van der Waals surface area (Å²) in [7, 11) is 0. The Labute approximate surface area is 65.9 Å². The van der Waals surface area contributed by atoms with Gasteiger partial charge in [0.15, 0.2) is 0 Å². The van der Waals surface area contributed by atoms with Crippen LogP contribution in [0.1, 0.15) is 26.2 Å². The molecule has 1 aliphatic carbocycles. The second-order valence-corrected chi connectivity index (χ2v) is 3.13. The first-order chi connectivity index (χ1) is 5.05. The first-order valence-electron chi connectivity index (χ1n) is 3.77. The monoisotopic (exact) mass is 155 g/mol. The maximum absolute atomic E-state index is 10.6. The molecule has 1 atom stereocenters. The minimum atomic E-state index is -1.14. The van der Waals surface area contributed by atoms with Crippen LogP contribution < -0.4 is 5.73 Å². The fraction of sp³-hybridized carbons (Fsp3) is 0.625. The lowest BCUT2D eigenvalue weighted by atomic mass is 9.93. The van der Waals surface area contributed by atoms with Gasteiger partial charge >= 0.3 is 5.97 Å². The largest absolute Gasteiger partial charge is 0.480 e. The molecule has 3 N–H and O–H groups in total. The third-order valence-corrected chi connectivity index (χ3v) is 2.15. The number of aliphatic carboxylic acids is 1. The van der Waals surface area contributed by atoms with E-state index in [4.69, 9.17) is 10.8 Å². The van der Waals surface area contributed by atoms with Crippen LogP contribution in [0, 0.1) is 0 Å². The SMILES string of the molecule is C[C@](N)(C(=O)O)C1=CCCC1. The zero-order valence-corrected chi connectivity index (χ0v) is 6.63. The molecule has 0 aliphatic heterocycles. The van der Waals surface area contributed by atoms with Gasteiger partial charge < -0.3 is 10.8 Å². The van der Waals surface area contributed by atoms with Crippen molar-refractivity contribution in [2.75, 3.05) is 0 Å². The van der Waals surface area contributed by atoms with E-state index >= 15 is 0 Å². The van der Waals surface area contributed by atoms with Crippen molar-refractivity contribution in [1.82, 2.24) is 0 Å². The smallest absolute Gasteiger partial charge is 0.327 e. The van der Waals surface area contributed by atoms with E-state index in [1.807, 2.05) is 6.08 Å². The first-order valence-corrected chi connectivity index (χ1v) is 3.77. The molecule has 0 aromatic rings. The van der Waals surface area contributed by atoms with Crippen molar-refractivity contribution in [3.05, 3.63) is 11.6 Å². The highest BCUT2D eigenvalue weighted by molar-refractivity contribution is 5.82. The van der Waals surface area contributed by atoms with Gasteiger partial charge in [0.2, 0.25) is 0 Å². The lowest BCUT2D eigenvalue weighted by molar-refractivity contribution is -0.141. The predicted octanol–water partition coefficient (Wildman–Crippen LogP) is 0.899. The number of carbonyl (C=O) groups is 1. The van der Waals surface area contributed by atoms with Crippen LogP contribution in [0.4, 0.5) is 0 Å². The van der Waals surface area contributed by atoms with E-state index in [0.29, 0.717) is 0 Å². The molecule has 0 bridgehead atoms. The van der Waals surface area contributed by atoms with Crippen molar-refractivity contribution >= 4 is 5.97 Å². The summed E-state index contributed by atoms with van der Waals surface area (Å²) in [6, 6.07) is 0. The maximum Gasteiger partial charge on any atom is 0.327 e. The Hall–Kier alpha value is -0.830. The minimum absolute atomic E-state index is 0.833. The first kappa shape index (κ1) is 8.27. The highest BCUT2D eigenvalue weighted by atomic mass is 16.4. The van der Waals surface area contributed by atoms with E-state index in [1.165, 1.54) is 0 Å². The van der Waals surface area contributed by atoms with Gasteiger partial charge in [0, 0.05) is 0 Å². The van der Waals surface area contributed by atoms with Crippen molar-refractivity contribution in [3.8, 4) is 0 Å². The summed E-state index contributed by atoms with van der Waals surface area (Å²) >= 11 is 0. The molecule has 3 nitrogen and oxygen atoms in total. The van der Waals surface area contributed by atoms with Crippen molar-refractivity contribution in [1.29, 1.82) is 0 Å². The number of nitrogens with two attached hydrogens (primary N) is 1. The zero-order valence-electron chi connectivity index (χ0n) is 6.63. The minimum Gasteiger partial charge on any atom is -0.480 e. The molecule has 0 amide bonds. The Balaban J connectivity index is 2.79. The average Bonchev–Trinajstić information content (AvgIpc) is 2.37. The number of carboxylic acids is 1. The van der Waals surface area contributed by atoms with Gasteiger partial charge in [-0.15, -0.1) is 0 Å². The summed E-state index contributed by atoms with van der Waals surface area (Å²) in [5, 5.41) is 8.74. The van der Waals surface area contributed by atoms with E-state index in [0.717, 1.165) is 24.8 Å². The Morgan fingerprint density at radius 2 is 2.45 bits per heavy atom. The molecule has 1 rings (SSSR count). The average molecular weight is 155 g/mol. The van der Waals surface area contributed by atoms with Gasteiger partial charge in [-0.05, 0) is 31.8 Å². The molecule has 0 heterocycles. The number of hydrogen-bond donors (Lipinski definition) is 2. The lowest BCUT2D eigenvalue weighted by Crippen LogP contribution is -2.46. The van der Waals surface area contributed by atoms with Crippen molar-refractivity contribution in [3.63, 3.8) is 0 Å². The molecule has 0 radical (unpaired) electrons. The normalized spacial score (nSPS) is 22.5. The number of allylic oxidation sites excluding steroid dienone is 1. The summed E-state index contributed by atoms with van der Waals surface area (Å²) < 4.78 is 0. The third kappa shape index (κ3) is 1.43. The number of rotatable bonds is 2. The maximum atomic E-state index is 10.6. The summed E-state index contributed by atoms with van der Waals surface area (Å²) in [5.74, 6) is -0.939. The van der Waals surface area contributed by atoms with Gasteiger partial charge in [0.1, 0.15) is 5.54 Å². The molecule has 11 heavy (non-hydrogen) atoms. The number of carboxylic acid groups (broad SMARTS) is 1. The van der Waals surface area contributed by atoms with Crippen LogP contribution in [-0.2, 0) is 4.79 Å². The van der Waals surface area contributed by atoms with Gasteiger partial charge in [-0.25, -0.2) is 4.79 Å².